The van der Waals surface area contributed by atoms with Gasteiger partial charge >= 0.3 is 5.97 Å². The summed E-state index contributed by atoms with van der Waals surface area (Å²) >= 11 is 0. The van der Waals surface area contributed by atoms with Gasteiger partial charge in [0.1, 0.15) is 6.04 Å². The lowest BCUT2D eigenvalue weighted by Gasteiger charge is -2.33. The van der Waals surface area contributed by atoms with Gasteiger partial charge in [0.25, 0.3) is 0 Å². The number of carbonyl (C=O) groups excluding carboxylic acids is 2. The number of carbonyl (C=O) groups is 3. The van der Waals surface area contributed by atoms with Crippen LogP contribution >= 0.6 is 0 Å². The standard InChI is InChI=1S/C14H24N2O5/c1-9(2)13(19)16-6-3-4-10(8-16)12(18)15-11(5-7-17)14(20)21/h9-11,17H,3-8H2,1-2H3,(H,15,18)(H,20,21)/t10?,11-/m0/s1. The molecule has 0 spiro atoms. The number of piperidine rings is 1. The Morgan fingerprint density at radius 2 is 2.00 bits per heavy atom. The third-order valence-corrected chi connectivity index (χ3v) is 3.63. The molecule has 0 aromatic carbocycles. The molecule has 7 nitrogen and oxygen atoms in total. The smallest absolute Gasteiger partial charge is 0.326 e. The van der Waals surface area contributed by atoms with Crippen LogP contribution in [0, 0.1) is 11.8 Å². The minimum Gasteiger partial charge on any atom is -0.480 e. The van der Waals surface area contributed by atoms with Gasteiger partial charge in [0, 0.05) is 32.0 Å². The molecule has 3 N–H and O–H groups in total. The molecule has 1 saturated heterocycles. The molecule has 1 rings (SSSR count). The maximum Gasteiger partial charge on any atom is 0.326 e. The second-order valence-electron chi connectivity index (χ2n) is 5.69. The number of hydrogen-bond acceptors (Lipinski definition) is 4. The highest BCUT2D eigenvalue weighted by atomic mass is 16.4. The van der Waals surface area contributed by atoms with Gasteiger partial charge in [-0.1, -0.05) is 13.8 Å². The molecule has 1 heterocycles. The van der Waals surface area contributed by atoms with E-state index in [2.05, 4.69) is 5.32 Å². The first-order chi connectivity index (χ1) is 9.86. The van der Waals surface area contributed by atoms with Crippen molar-refractivity contribution in [2.45, 2.75) is 39.2 Å². The van der Waals surface area contributed by atoms with Crippen LogP contribution in [0.2, 0.25) is 0 Å². The number of aliphatic hydroxyl groups is 1. The van der Waals surface area contributed by atoms with Gasteiger partial charge in [-0.2, -0.15) is 0 Å². The second-order valence-corrected chi connectivity index (χ2v) is 5.69. The van der Waals surface area contributed by atoms with Gasteiger partial charge in [0.15, 0.2) is 0 Å². The summed E-state index contributed by atoms with van der Waals surface area (Å²) in [7, 11) is 0. The van der Waals surface area contributed by atoms with Crippen LogP contribution in [0.15, 0.2) is 0 Å². The molecule has 1 aliphatic rings. The summed E-state index contributed by atoms with van der Waals surface area (Å²) in [6, 6.07) is -1.08. The minimum atomic E-state index is -1.16. The number of amides is 2. The average Bonchev–Trinajstić information content (AvgIpc) is 2.45. The third-order valence-electron chi connectivity index (χ3n) is 3.63. The van der Waals surface area contributed by atoms with Gasteiger partial charge in [0.2, 0.25) is 11.8 Å². The zero-order valence-electron chi connectivity index (χ0n) is 12.5. The number of likely N-dealkylation sites (tertiary alicyclic amines) is 1. The second kappa shape index (κ2) is 7.97. The Kier molecular flexibility index (Phi) is 6.61. The molecule has 1 fully saturated rings. The molecule has 2 atom stereocenters. The van der Waals surface area contributed by atoms with E-state index in [1.54, 1.807) is 4.90 Å². The molecule has 0 saturated carbocycles. The largest absolute Gasteiger partial charge is 0.480 e. The number of carboxylic acid groups (broad SMARTS) is 1. The lowest BCUT2D eigenvalue weighted by Crippen LogP contribution is -2.50. The van der Waals surface area contributed by atoms with Gasteiger partial charge in [-0.05, 0) is 12.8 Å². The van der Waals surface area contributed by atoms with Crippen LogP contribution in [-0.2, 0) is 14.4 Å². The van der Waals surface area contributed by atoms with Crippen LogP contribution in [-0.4, -0.2) is 58.6 Å². The molecule has 0 aliphatic carbocycles. The lowest BCUT2D eigenvalue weighted by atomic mass is 9.95. The Balaban J connectivity index is 2.61. The maximum atomic E-state index is 12.1. The highest BCUT2D eigenvalue weighted by Gasteiger charge is 2.31. The van der Waals surface area contributed by atoms with Crippen molar-refractivity contribution in [2.24, 2.45) is 11.8 Å². The van der Waals surface area contributed by atoms with E-state index < -0.39 is 12.0 Å². The van der Waals surface area contributed by atoms with Gasteiger partial charge in [-0.15, -0.1) is 0 Å². The van der Waals surface area contributed by atoms with Crippen molar-refractivity contribution in [1.82, 2.24) is 10.2 Å². The fraction of sp³-hybridized carbons (Fsp3) is 0.786. The Morgan fingerprint density at radius 3 is 2.52 bits per heavy atom. The zero-order chi connectivity index (χ0) is 16.0. The summed E-state index contributed by atoms with van der Waals surface area (Å²) in [5.74, 6) is -2.02. The van der Waals surface area contributed by atoms with Crippen molar-refractivity contribution in [2.75, 3.05) is 19.7 Å². The van der Waals surface area contributed by atoms with E-state index in [-0.39, 0.29) is 36.7 Å². The highest BCUT2D eigenvalue weighted by Crippen LogP contribution is 2.18. The quantitative estimate of drug-likeness (QED) is 0.631. The van der Waals surface area contributed by atoms with E-state index in [4.69, 9.17) is 10.2 Å². The van der Waals surface area contributed by atoms with Crippen LogP contribution in [0.25, 0.3) is 0 Å². The number of hydrogen-bond donors (Lipinski definition) is 3. The van der Waals surface area contributed by atoms with Gasteiger partial charge in [-0.3, -0.25) is 9.59 Å². The van der Waals surface area contributed by atoms with Crippen LogP contribution in [0.3, 0.4) is 0 Å². The number of rotatable bonds is 6. The summed E-state index contributed by atoms with van der Waals surface area (Å²) in [6.45, 7) is 4.29. The predicted molar refractivity (Wildman–Crippen MR) is 75.4 cm³/mol. The topological polar surface area (TPSA) is 107 Å². The summed E-state index contributed by atoms with van der Waals surface area (Å²) in [4.78, 5) is 36.7. The van der Waals surface area contributed by atoms with E-state index >= 15 is 0 Å². The van der Waals surface area contributed by atoms with Crippen LogP contribution in [0.1, 0.15) is 33.1 Å². The molecule has 120 valence electrons. The molecule has 0 aromatic heterocycles. The van der Waals surface area contributed by atoms with E-state index in [0.717, 1.165) is 6.42 Å². The molecule has 7 heteroatoms. The first-order valence-corrected chi connectivity index (χ1v) is 7.29. The van der Waals surface area contributed by atoms with Crippen molar-refractivity contribution in [1.29, 1.82) is 0 Å². The summed E-state index contributed by atoms with van der Waals surface area (Å²) in [6.07, 6.45) is 1.34. The van der Waals surface area contributed by atoms with Crippen LogP contribution in [0.4, 0.5) is 0 Å². The molecular formula is C14H24N2O5. The van der Waals surface area contributed by atoms with Gasteiger partial charge < -0.3 is 20.4 Å². The SMILES string of the molecule is CC(C)C(=O)N1CCCC(C(=O)N[C@@H](CCO)C(=O)O)C1. The lowest BCUT2D eigenvalue weighted by molar-refractivity contribution is -0.144. The fourth-order valence-corrected chi connectivity index (χ4v) is 2.43. The van der Waals surface area contributed by atoms with Gasteiger partial charge in [-0.25, -0.2) is 4.79 Å². The van der Waals surface area contributed by atoms with Crippen molar-refractivity contribution in [3.8, 4) is 0 Å². The Labute approximate surface area is 124 Å². The zero-order valence-corrected chi connectivity index (χ0v) is 12.5. The first kappa shape index (κ1) is 17.4. The van der Waals surface area contributed by atoms with E-state index in [0.29, 0.717) is 19.5 Å². The highest BCUT2D eigenvalue weighted by molar-refractivity contribution is 5.86. The number of aliphatic carboxylic acids is 1. The third kappa shape index (κ3) is 5.00. The van der Waals surface area contributed by atoms with Crippen LogP contribution in [0.5, 0.6) is 0 Å². The predicted octanol–water partition coefficient (Wildman–Crippen LogP) is -0.167. The molecule has 1 unspecified atom stereocenters. The molecule has 2 amide bonds. The first-order valence-electron chi connectivity index (χ1n) is 7.29. The van der Waals surface area contributed by atoms with E-state index in [1.165, 1.54) is 0 Å². The summed E-state index contributed by atoms with van der Waals surface area (Å²) in [5, 5.41) is 20.2. The van der Waals surface area contributed by atoms with Crippen molar-refractivity contribution in [3.63, 3.8) is 0 Å². The summed E-state index contributed by atoms with van der Waals surface area (Å²) < 4.78 is 0. The number of nitrogens with one attached hydrogen (secondary N) is 1. The maximum absolute atomic E-state index is 12.1. The van der Waals surface area contributed by atoms with Crippen LogP contribution < -0.4 is 5.32 Å². The Hall–Kier alpha value is -1.63. The van der Waals surface area contributed by atoms with Crippen molar-refractivity contribution >= 4 is 17.8 Å². The summed E-state index contributed by atoms with van der Waals surface area (Å²) in [5.41, 5.74) is 0. The van der Waals surface area contributed by atoms with E-state index in [1.807, 2.05) is 13.8 Å². The van der Waals surface area contributed by atoms with Gasteiger partial charge in [0.05, 0.1) is 5.92 Å². The Bertz CT molecular complexity index is 397. The number of carboxylic acids is 1. The Morgan fingerprint density at radius 1 is 1.33 bits per heavy atom. The van der Waals surface area contributed by atoms with E-state index in [9.17, 15) is 14.4 Å². The normalized spacial score (nSPS) is 20.2. The average molecular weight is 300 g/mol. The monoisotopic (exact) mass is 300 g/mol. The molecule has 21 heavy (non-hydrogen) atoms. The number of aliphatic hydroxyl groups excluding tert-OH is 1. The molecular weight excluding hydrogens is 276 g/mol. The molecule has 1 aliphatic heterocycles. The fourth-order valence-electron chi connectivity index (χ4n) is 2.43. The number of nitrogens with zero attached hydrogens (tertiary/aromatic N) is 1. The molecule has 0 bridgehead atoms. The molecule has 0 radical (unpaired) electrons. The van der Waals surface area contributed by atoms with Crippen molar-refractivity contribution in [3.05, 3.63) is 0 Å². The minimum absolute atomic E-state index is 0.0117. The van der Waals surface area contributed by atoms with Crippen molar-refractivity contribution < 1.29 is 24.6 Å². The molecule has 0 aromatic rings.